The van der Waals surface area contributed by atoms with Gasteiger partial charge in [0.05, 0.1) is 21.6 Å². The third-order valence-electron chi connectivity index (χ3n) is 2.42. The van der Waals surface area contributed by atoms with Crippen molar-refractivity contribution in [3.8, 4) is 5.69 Å². The van der Waals surface area contributed by atoms with Crippen molar-refractivity contribution in [2.24, 2.45) is 0 Å². The summed E-state index contributed by atoms with van der Waals surface area (Å²) in [5.41, 5.74) is 1.19. The van der Waals surface area contributed by atoms with Gasteiger partial charge >= 0.3 is 0 Å². The molecule has 0 bridgehead atoms. The van der Waals surface area contributed by atoms with Gasteiger partial charge < -0.3 is 0 Å². The molecule has 0 aliphatic rings. The number of fused-ring (bicyclic) bond motifs is 1. The van der Waals surface area contributed by atoms with Crippen molar-refractivity contribution < 1.29 is 0 Å². The van der Waals surface area contributed by atoms with Gasteiger partial charge in [0, 0.05) is 11.2 Å². The smallest absolute Gasteiger partial charge is 0.166 e. The number of rotatable bonds is 1. The maximum atomic E-state index is 6.15. The summed E-state index contributed by atoms with van der Waals surface area (Å²) < 4.78 is 1.57. The minimum atomic E-state index is 0.413. The zero-order valence-corrected chi connectivity index (χ0v) is 11.1. The Hall–Kier alpha value is -1.36. The molecular formula is C11H5Cl3N4. The summed E-state index contributed by atoms with van der Waals surface area (Å²) in [5.74, 6) is 0. The number of benzene rings is 1. The molecule has 0 amide bonds. The molecule has 0 radical (unpaired) electrons. The van der Waals surface area contributed by atoms with Crippen LogP contribution in [0.25, 0.3) is 16.7 Å². The molecule has 18 heavy (non-hydrogen) atoms. The van der Waals surface area contributed by atoms with Gasteiger partial charge in [-0.25, -0.2) is 14.6 Å². The van der Waals surface area contributed by atoms with Crippen LogP contribution in [0.15, 0.2) is 30.9 Å². The first-order chi connectivity index (χ1) is 8.66. The quantitative estimate of drug-likeness (QED) is 0.687. The maximum Gasteiger partial charge on any atom is 0.166 e. The second-order valence-electron chi connectivity index (χ2n) is 3.58. The monoisotopic (exact) mass is 298 g/mol. The average molecular weight is 300 g/mol. The molecule has 0 spiro atoms. The van der Waals surface area contributed by atoms with Crippen LogP contribution in [-0.2, 0) is 0 Å². The molecule has 0 fully saturated rings. The van der Waals surface area contributed by atoms with E-state index in [1.807, 2.05) is 0 Å². The summed E-state index contributed by atoms with van der Waals surface area (Å²) in [6.45, 7) is 0. The minimum absolute atomic E-state index is 0.413. The number of hydrogen-bond donors (Lipinski definition) is 0. The summed E-state index contributed by atoms with van der Waals surface area (Å²) in [7, 11) is 0. The highest BCUT2D eigenvalue weighted by molar-refractivity contribution is 6.40. The second kappa shape index (κ2) is 4.39. The molecule has 3 rings (SSSR count). The molecule has 2 aromatic heterocycles. The van der Waals surface area contributed by atoms with Gasteiger partial charge in [-0.15, -0.1) is 0 Å². The maximum absolute atomic E-state index is 6.15. The molecular weight excluding hydrogens is 295 g/mol. The number of nitrogens with zero attached hydrogens (tertiary/aromatic N) is 4. The summed E-state index contributed by atoms with van der Waals surface area (Å²) in [6.07, 6.45) is 4.76. The van der Waals surface area contributed by atoms with E-state index in [1.165, 1.54) is 6.33 Å². The van der Waals surface area contributed by atoms with Crippen LogP contribution in [0, 0.1) is 0 Å². The van der Waals surface area contributed by atoms with Crippen LogP contribution >= 0.6 is 34.8 Å². The van der Waals surface area contributed by atoms with Crippen LogP contribution < -0.4 is 0 Å². The van der Waals surface area contributed by atoms with Crippen LogP contribution in [0.5, 0.6) is 0 Å². The van der Waals surface area contributed by atoms with Gasteiger partial charge in [0.1, 0.15) is 12.0 Å². The molecule has 90 valence electrons. The van der Waals surface area contributed by atoms with Crippen LogP contribution in [0.1, 0.15) is 0 Å². The molecule has 3 aromatic rings. The van der Waals surface area contributed by atoms with Gasteiger partial charge in [-0.3, -0.25) is 0 Å². The number of halogens is 3. The number of hydrogen-bond acceptors (Lipinski definition) is 3. The molecule has 0 unspecified atom stereocenters. The van der Waals surface area contributed by atoms with Crippen molar-refractivity contribution in [1.82, 2.24) is 19.7 Å². The SMILES string of the molecule is Clc1cc(Cl)c(-n2ncc3cncnc32)c(Cl)c1. The van der Waals surface area contributed by atoms with Crippen molar-refractivity contribution in [1.29, 1.82) is 0 Å². The molecule has 0 aliphatic carbocycles. The van der Waals surface area contributed by atoms with Gasteiger partial charge in [0.15, 0.2) is 5.65 Å². The van der Waals surface area contributed by atoms with Crippen LogP contribution in [0.3, 0.4) is 0 Å². The first kappa shape index (κ1) is 11.7. The Kier molecular flexibility index (Phi) is 2.86. The fourth-order valence-electron chi connectivity index (χ4n) is 1.68. The highest BCUT2D eigenvalue weighted by Gasteiger charge is 2.14. The fraction of sp³-hybridized carbons (Fsp3) is 0. The van der Waals surface area contributed by atoms with Crippen LogP contribution in [0.4, 0.5) is 0 Å². The van der Waals surface area contributed by atoms with Crippen molar-refractivity contribution in [2.75, 3.05) is 0 Å². The summed E-state index contributed by atoms with van der Waals surface area (Å²) in [5, 5.41) is 6.32. The summed E-state index contributed by atoms with van der Waals surface area (Å²) in [4.78, 5) is 8.09. The van der Waals surface area contributed by atoms with Crippen molar-refractivity contribution >= 4 is 45.8 Å². The van der Waals surface area contributed by atoms with Gasteiger partial charge in [0.2, 0.25) is 0 Å². The van der Waals surface area contributed by atoms with E-state index in [2.05, 4.69) is 15.1 Å². The first-order valence-corrected chi connectivity index (χ1v) is 6.09. The minimum Gasteiger partial charge on any atom is -0.244 e. The van der Waals surface area contributed by atoms with Gasteiger partial charge in [-0.2, -0.15) is 5.10 Å². The second-order valence-corrected chi connectivity index (χ2v) is 4.83. The molecule has 0 N–H and O–H groups in total. The lowest BCUT2D eigenvalue weighted by Crippen LogP contribution is -1.99. The van der Waals surface area contributed by atoms with E-state index < -0.39 is 0 Å². The van der Waals surface area contributed by atoms with E-state index in [0.29, 0.717) is 26.4 Å². The Morgan fingerprint density at radius 2 is 1.72 bits per heavy atom. The topological polar surface area (TPSA) is 43.6 Å². The molecule has 4 nitrogen and oxygen atoms in total. The van der Waals surface area contributed by atoms with E-state index in [9.17, 15) is 0 Å². The van der Waals surface area contributed by atoms with Gasteiger partial charge in [0.25, 0.3) is 0 Å². The highest BCUT2D eigenvalue weighted by Crippen LogP contribution is 2.33. The Morgan fingerprint density at radius 1 is 1.00 bits per heavy atom. The molecule has 7 heteroatoms. The lowest BCUT2D eigenvalue weighted by Gasteiger charge is -2.08. The van der Waals surface area contributed by atoms with E-state index >= 15 is 0 Å². The average Bonchev–Trinajstić information content (AvgIpc) is 2.72. The summed E-state index contributed by atoms with van der Waals surface area (Å²) in [6, 6.07) is 3.22. The predicted molar refractivity (Wildman–Crippen MR) is 71.7 cm³/mol. The van der Waals surface area contributed by atoms with E-state index in [4.69, 9.17) is 34.8 Å². The third kappa shape index (κ3) is 1.82. The van der Waals surface area contributed by atoms with Crippen molar-refractivity contribution in [2.45, 2.75) is 0 Å². The van der Waals surface area contributed by atoms with E-state index in [-0.39, 0.29) is 0 Å². The Labute approximate surface area is 117 Å². The molecule has 2 heterocycles. The predicted octanol–water partition coefficient (Wildman–Crippen LogP) is 3.78. The molecule has 0 saturated carbocycles. The number of aromatic nitrogens is 4. The Balaban J connectivity index is 2.33. The molecule has 0 aliphatic heterocycles. The van der Waals surface area contributed by atoms with Crippen molar-refractivity contribution in [3.05, 3.63) is 45.9 Å². The normalized spacial score (nSPS) is 11.1. The highest BCUT2D eigenvalue weighted by atomic mass is 35.5. The van der Waals surface area contributed by atoms with Gasteiger partial charge in [-0.05, 0) is 12.1 Å². The largest absolute Gasteiger partial charge is 0.244 e. The standard InChI is InChI=1S/C11H5Cl3N4/c12-7-1-8(13)10(9(14)2-7)18-11-6(4-17-18)3-15-5-16-11/h1-5H. The fourth-order valence-corrected chi connectivity index (χ4v) is 2.65. The van der Waals surface area contributed by atoms with E-state index in [0.717, 1.165) is 5.39 Å². The summed E-state index contributed by atoms with van der Waals surface area (Å²) >= 11 is 18.2. The van der Waals surface area contributed by atoms with Gasteiger partial charge in [-0.1, -0.05) is 34.8 Å². The zero-order chi connectivity index (χ0) is 12.7. The lowest BCUT2D eigenvalue weighted by molar-refractivity contribution is 0.895. The Bertz CT molecular complexity index is 715. The Morgan fingerprint density at radius 3 is 2.44 bits per heavy atom. The zero-order valence-electron chi connectivity index (χ0n) is 8.81. The molecule has 1 aromatic carbocycles. The first-order valence-electron chi connectivity index (χ1n) is 4.95. The van der Waals surface area contributed by atoms with Crippen molar-refractivity contribution in [3.63, 3.8) is 0 Å². The third-order valence-corrected chi connectivity index (χ3v) is 3.22. The molecule has 0 atom stereocenters. The van der Waals surface area contributed by atoms with E-state index in [1.54, 1.807) is 29.2 Å². The lowest BCUT2D eigenvalue weighted by atomic mass is 10.3. The van der Waals surface area contributed by atoms with Crippen LogP contribution in [-0.4, -0.2) is 19.7 Å². The van der Waals surface area contributed by atoms with Crippen LogP contribution in [0.2, 0.25) is 15.1 Å². The molecule has 0 saturated heterocycles.